The number of benzene rings is 4. The Morgan fingerprint density at radius 3 is 2.07 bits per heavy atom. The first-order valence-electron chi connectivity index (χ1n) is 13.7. The minimum absolute atomic E-state index is 0.216. The van der Waals surface area contributed by atoms with E-state index in [-0.39, 0.29) is 18.2 Å². The number of ether oxygens (including phenoxy) is 3. The Kier molecular flexibility index (Phi) is 8.75. The standard InChI is InChI=1S/C36H33NO4/c1-4-15-28-22-31(39-3)35(41-24-25-16-9-6-10-17-25)29-23-30(36(38)40-5-2)37-34(33(28)29)32(26-18-11-7-12-19-26)27-20-13-8-14-21-27/h4,6-14,16-23,32H,1,5,15,24H2,2-3H3. The highest BCUT2D eigenvalue weighted by molar-refractivity contribution is 6.00. The molecular formula is C36H33NO4. The van der Waals surface area contributed by atoms with Crippen molar-refractivity contribution in [3.63, 3.8) is 0 Å². The van der Waals surface area contributed by atoms with Gasteiger partial charge in [0.1, 0.15) is 12.3 Å². The van der Waals surface area contributed by atoms with Crippen LogP contribution in [0.15, 0.2) is 116 Å². The first-order valence-corrected chi connectivity index (χ1v) is 13.7. The fraction of sp³-hybridized carbons (Fsp3) is 0.167. The number of carbonyl (C=O) groups excluding carboxylic acids is 1. The van der Waals surface area contributed by atoms with Crippen LogP contribution >= 0.6 is 0 Å². The first kappa shape index (κ1) is 27.7. The summed E-state index contributed by atoms with van der Waals surface area (Å²) in [5.41, 5.74) is 5.07. The molecule has 41 heavy (non-hydrogen) atoms. The number of hydrogen-bond acceptors (Lipinski definition) is 5. The third-order valence-corrected chi connectivity index (χ3v) is 6.98. The van der Waals surface area contributed by atoms with Gasteiger partial charge in [-0.1, -0.05) is 97.1 Å². The van der Waals surface area contributed by atoms with E-state index in [2.05, 4.69) is 30.8 Å². The van der Waals surface area contributed by atoms with E-state index in [1.54, 1.807) is 20.1 Å². The summed E-state index contributed by atoms with van der Waals surface area (Å²) in [5.74, 6) is 0.382. The fourth-order valence-electron chi connectivity index (χ4n) is 5.17. The van der Waals surface area contributed by atoms with Gasteiger partial charge in [0.05, 0.1) is 25.3 Å². The number of esters is 1. The third-order valence-electron chi connectivity index (χ3n) is 6.98. The summed E-state index contributed by atoms with van der Waals surface area (Å²) in [5, 5.41) is 1.64. The average molecular weight is 544 g/mol. The molecule has 5 heteroatoms. The zero-order chi connectivity index (χ0) is 28.6. The van der Waals surface area contributed by atoms with Gasteiger partial charge < -0.3 is 14.2 Å². The van der Waals surface area contributed by atoms with E-state index in [4.69, 9.17) is 19.2 Å². The maximum absolute atomic E-state index is 13.2. The molecular weight excluding hydrogens is 510 g/mol. The van der Waals surface area contributed by atoms with Crippen molar-refractivity contribution in [3.8, 4) is 11.5 Å². The molecule has 0 aliphatic carbocycles. The molecule has 0 saturated heterocycles. The quantitative estimate of drug-likeness (QED) is 0.125. The average Bonchev–Trinajstić information content (AvgIpc) is 3.02. The molecule has 0 amide bonds. The number of fused-ring (bicyclic) bond motifs is 1. The lowest BCUT2D eigenvalue weighted by Gasteiger charge is -2.24. The van der Waals surface area contributed by atoms with Crippen LogP contribution in [-0.2, 0) is 17.8 Å². The number of pyridine rings is 1. The number of methoxy groups -OCH3 is 1. The number of aromatic nitrogens is 1. The Hall–Kier alpha value is -4.90. The smallest absolute Gasteiger partial charge is 0.356 e. The maximum atomic E-state index is 13.2. The lowest BCUT2D eigenvalue weighted by molar-refractivity contribution is 0.0519. The van der Waals surface area contributed by atoms with Gasteiger partial charge in [-0.3, -0.25) is 0 Å². The van der Waals surface area contributed by atoms with Crippen LogP contribution in [0.4, 0.5) is 0 Å². The van der Waals surface area contributed by atoms with Crippen LogP contribution in [-0.4, -0.2) is 24.7 Å². The van der Waals surface area contributed by atoms with Crippen LogP contribution < -0.4 is 9.47 Å². The highest BCUT2D eigenvalue weighted by Crippen LogP contribution is 2.44. The highest BCUT2D eigenvalue weighted by atomic mass is 16.5. The van der Waals surface area contributed by atoms with E-state index in [1.165, 1.54) is 0 Å². The Morgan fingerprint density at radius 2 is 1.51 bits per heavy atom. The Morgan fingerprint density at radius 1 is 0.902 bits per heavy atom. The van der Waals surface area contributed by atoms with Gasteiger partial charge in [0.15, 0.2) is 11.5 Å². The Labute approximate surface area is 241 Å². The summed E-state index contributed by atoms with van der Waals surface area (Å²) >= 11 is 0. The Balaban J connectivity index is 1.85. The van der Waals surface area contributed by atoms with Gasteiger partial charge in [-0.2, -0.15) is 0 Å². The molecule has 0 aliphatic heterocycles. The van der Waals surface area contributed by atoms with Crippen molar-refractivity contribution in [2.24, 2.45) is 0 Å². The fourth-order valence-corrected chi connectivity index (χ4v) is 5.17. The second-order valence-corrected chi connectivity index (χ2v) is 9.62. The number of rotatable bonds is 11. The van der Waals surface area contributed by atoms with E-state index in [0.29, 0.717) is 24.5 Å². The predicted molar refractivity (Wildman–Crippen MR) is 163 cm³/mol. The van der Waals surface area contributed by atoms with Crippen LogP contribution in [0.5, 0.6) is 11.5 Å². The molecule has 1 aromatic heterocycles. The summed E-state index contributed by atoms with van der Waals surface area (Å²) < 4.78 is 17.8. The van der Waals surface area contributed by atoms with Crippen LogP contribution in [0.25, 0.3) is 10.8 Å². The molecule has 0 spiro atoms. The summed E-state index contributed by atoms with van der Waals surface area (Å²) in [6, 6.07) is 34.1. The van der Waals surface area contributed by atoms with Gasteiger partial charge in [-0.15, -0.1) is 6.58 Å². The molecule has 0 N–H and O–H groups in total. The van der Waals surface area contributed by atoms with Crippen molar-refractivity contribution in [1.82, 2.24) is 4.98 Å². The van der Waals surface area contributed by atoms with Crippen molar-refractivity contribution in [2.45, 2.75) is 25.9 Å². The molecule has 0 radical (unpaired) electrons. The van der Waals surface area contributed by atoms with Crippen LogP contribution in [0.3, 0.4) is 0 Å². The molecule has 5 aromatic rings. The largest absolute Gasteiger partial charge is 0.493 e. The number of carbonyl (C=O) groups is 1. The predicted octanol–water partition coefficient (Wildman–Crippen LogP) is 7.91. The lowest BCUT2D eigenvalue weighted by atomic mass is 9.84. The second kappa shape index (κ2) is 13.0. The van der Waals surface area contributed by atoms with Crippen molar-refractivity contribution in [2.75, 3.05) is 13.7 Å². The maximum Gasteiger partial charge on any atom is 0.356 e. The molecule has 0 aliphatic rings. The van der Waals surface area contributed by atoms with Crippen molar-refractivity contribution in [3.05, 3.63) is 149 Å². The molecule has 0 bridgehead atoms. The molecule has 0 unspecified atom stereocenters. The molecule has 0 atom stereocenters. The minimum atomic E-state index is -0.488. The van der Waals surface area contributed by atoms with Gasteiger partial charge in [-0.25, -0.2) is 9.78 Å². The number of allylic oxidation sites excluding steroid dienone is 1. The van der Waals surface area contributed by atoms with Crippen LogP contribution in [0, 0.1) is 0 Å². The third kappa shape index (κ3) is 5.99. The molecule has 5 rings (SSSR count). The summed E-state index contributed by atoms with van der Waals surface area (Å²) in [7, 11) is 1.62. The van der Waals surface area contributed by atoms with E-state index in [1.807, 2.05) is 78.9 Å². The van der Waals surface area contributed by atoms with Gasteiger partial charge >= 0.3 is 5.97 Å². The van der Waals surface area contributed by atoms with Crippen LogP contribution in [0.2, 0.25) is 0 Å². The molecule has 0 saturated carbocycles. The van der Waals surface area contributed by atoms with Crippen LogP contribution in [0.1, 0.15) is 51.3 Å². The normalized spacial score (nSPS) is 10.9. The van der Waals surface area contributed by atoms with Gasteiger partial charge in [0.25, 0.3) is 0 Å². The lowest BCUT2D eigenvalue weighted by Crippen LogP contribution is -2.14. The van der Waals surface area contributed by atoms with Gasteiger partial charge in [0, 0.05) is 10.8 Å². The minimum Gasteiger partial charge on any atom is -0.493 e. The zero-order valence-corrected chi connectivity index (χ0v) is 23.4. The van der Waals surface area contributed by atoms with E-state index in [9.17, 15) is 4.79 Å². The second-order valence-electron chi connectivity index (χ2n) is 9.62. The summed E-state index contributed by atoms with van der Waals surface area (Å²) in [4.78, 5) is 18.2. The Bertz CT molecular complexity index is 1590. The topological polar surface area (TPSA) is 57.7 Å². The van der Waals surface area contributed by atoms with E-state index in [0.717, 1.165) is 38.7 Å². The molecule has 206 valence electrons. The summed E-state index contributed by atoms with van der Waals surface area (Å²) in [6.45, 7) is 6.37. The van der Waals surface area contributed by atoms with E-state index < -0.39 is 5.97 Å². The number of hydrogen-bond donors (Lipinski definition) is 0. The molecule has 0 fully saturated rings. The monoisotopic (exact) mass is 543 g/mol. The molecule has 5 nitrogen and oxygen atoms in total. The van der Waals surface area contributed by atoms with Gasteiger partial charge in [-0.05, 0) is 47.7 Å². The van der Waals surface area contributed by atoms with Crippen molar-refractivity contribution < 1.29 is 19.0 Å². The van der Waals surface area contributed by atoms with E-state index >= 15 is 0 Å². The summed E-state index contributed by atoms with van der Waals surface area (Å²) in [6.07, 6.45) is 2.44. The molecule has 1 heterocycles. The van der Waals surface area contributed by atoms with Crippen molar-refractivity contribution in [1.29, 1.82) is 0 Å². The zero-order valence-electron chi connectivity index (χ0n) is 23.4. The SMILES string of the molecule is C=CCc1cc(OC)c(OCc2ccccc2)c2cc(C(=O)OCC)nc(C(c3ccccc3)c3ccccc3)c12. The number of nitrogens with zero attached hydrogens (tertiary/aromatic N) is 1. The van der Waals surface area contributed by atoms with Crippen molar-refractivity contribution >= 4 is 16.7 Å². The molecule has 4 aromatic carbocycles. The van der Waals surface area contributed by atoms with Gasteiger partial charge in [0.2, 0.25) is 0 Å². The first-order chi connectivity index (χ1) is 20.1. The highest BCUT2D eigenvalue weighted by Gasteiger charge is 2.27.